The first-order chi connectivity index (χ1) is 6.66. The van der Waals surface area contributed by atoms with E-state index in [2.05, 4.69) is 4.74 Å². The number of alkyl halides is 3. The topological polar surface area (TPSA) is 43.4 Å². The van der Waals surface area contributed by atoms with Gasteiger partial charge in [-0.05, 0) is 19.3 Å². The summed E-state index contributed by atoms with van der Waals surface area (Å²) in [4.78, 5) is 0. The Morgan fingerprint density at radius 3 is 2.20 bits per heavy atom. The molecule has 0 radical (unpaired) electrons. The van der Waals surface area contributed by atoms with Crippen LogP contribution in [0.2, 0.25) is 0 Å². The average Bonchev–Trinajstić information content (AvgIpc) is 2.75. The van der Waals surface area contributed by atoms with Crippen molar-refractivity contribution in [2.45, 2.75) is 30.2 Å². The van der Waals surface area contributed by atoms with Crippen LogP contribution in [0.3, 0.4) is 0 Å². The SMILES string of the molecule is O=S(=O)(Cl)C1(CCOCC(F)(F)F)CC1. The summed E-state index contributed by atoms with van der Waals surface area (Å²) in [7, 11) is 1.45. The van der Waals surface area contributed by atoms with E-state index in [1.54, 1.807) is 0 Å². The molecule has 0 aromatic rings. The third-order valence-electron chi connectivity index (χ3n) is 2.29. The quantitative estimate of drug-likeness (QED) is 0.565. The molecule has 0 aliphatic heterocycles. The lowest BCUT2D eigenvalue weighted by atomic mass is 10.3. The van der Waals surface area contributed by atoms with E-state index in [4.69, 9.17) is 10.7 Å². The number of hydrogen-bond acceptors (Lipinski definition) is 3. The smallest absolute Gasteiger partial charge is 0.372 e. The van der Waals surface area contributed by atoms with Gasteiger partial charge in [0.05, 0.1) is 4.75 Å². The molecular formula is C7H10ClF3O3S. The molecule has 90 valence electrons. The van der Waals surface area contributed by atoms with E-state index < -0.39 is 26.6 Å². The van der Waals surface area contributed by atoms with Crippen LogP contribution in [0.5, 0.6) is 0 Å². The van der Waals surface area contributed by atoms with Gasteiger partial charge in [0.15, 0.2) is 0 Å². The molecule has 0 bridgehead atoms. The lowest BCUT2D eigenvalue weighted by molar-refractivity contribution is -0.174. The van der Waals surface area contributed by atoms with Crippen molar-refractivity contribution in [1.82, 2.24) is 0 Å². The van der Waals surface area contributed by atoms with Crippen molar-refractivity contribution >= 4 is 19.7 Å². The zero-order chi connectivity index (χ0) is 11.7. The molecular weight excluding hydrogens is 257 g/mol. The Bertz CT molecular complexity index is 321. The van der Waals surface area contributed by atoms with Gasteiger partial charge in [0.2, 0.25) is 9.05 Å². The maximum atomic E-state index is 11.7. The average molecular weight is 267 g/mol. The minimum atomic E-state index is -4.38. The van der Waals surface area contributed by atoms with Gasteiger partial charge in [0.1, 0.15) is 6.61 Å². The van der Waals surface area contributed by atoms with Gasteiger partial charge < -0.3 is 4.74 Å². The summed E-state index contributed by atoms with van der Waals surface area (Å²) in [6, 6.07) is 0. The van der Waals surface area contributed by atoms with Crippen molar-refractivity contribution in [3.05, 3.63) is 0 Å². The number of halogens is 4. The van der Waals surface area contributed by atoms with Gasteiger partial charge in [-0.25, -0.2) is 8.42 Å². The van der Waals surface area contributed by atoms with Crippen LogP contribution in [0, 0.1) is 0 Å². The van der Waals surface area contributed by atoms with Gasteiger partial charge in [-0.2, -0.15) is 13.2 Å². The first kappa shape index (κ1) is 13.1. The lowest BCUT2D eigenvalue weighted by Crippen LogP contribution is -2.23. The lowest BCUT2D eigenvalue weighted by Gasteiger charge is -2.12. The fraction of sp³-hybridized carbons (Fsp3) is 1.00. The van der Waals surface area contributed by atoms with Crippen molar-refractivity contribution in [2.24, 2.45) is 0 Å². The van der Waals surface area contributed by atoms with E-state index in [0.29, 0.717) is 12.8 Å². The Balaban J connectivity index is 2.28. The van der Waals surface area contributed by atoms with Gasteiger partial charge in [-0.15, -0.1) is 0 Å². The maximum Gasteiger partial charge on any atom is 0.411 e. The summed E-state index contributed by atoms with van der Waals surface area (Å²) in [6.07, 6.45) is -3.56. The Morgan fingerprint density at radius 2 is 1.87 bits per heavy atom. The molecule has 1 aliphatic rings. The normalized spacial score (nSPS) is 20.3. The third-order valence-corrected chi connectivity index (χ3v) is 4.92. The molecule has 0 aromatic heterocycles. The predicted molar refractivity (Wildman–Crippen MR) is 48.2 cm³/mol. The van der Waals surface area contributed by atoms with Crippen LogP contribution in [-0.4, -0.2) is 32.6 Å². The van der Waals surface area contributed by atoms with Crippen LogP contribution in [0.25, 0.3) is 0 Å². The Hall–Kier alpha value is -0.0100. The van der Waals surface area contributed by atoms with Gasteiger partial charge in [0, 0.05) is 17.3 Å². The van der Waals surface area contributed by atoms with E-state index in [9.17, 15) is 21.6 Å². The van der Waals surface area contributed by atoms with Crippen LogP contribution in [-0.2, 0) is 13.8 Å². The summed E-state index contributed by atoms with van der Waals surface area (Å²) in [6.45, 7) is -1.60. The molecule has 0 amide bonds. The molecule has 1 aliphatic carbocycles. The van der Waals surface area contributed by atoms with Gasteiger partial charge >= 0.3 is 6.18 Å². The maximum absolute atomic E-state index is 11.7. The number of rotatable bonds is 5. The van der Waals surface area contributed by atoms with E-state index in [-0.39, 0.29) is 13.0 Å². The molecule has 15 heavy (non-hydrogen) atoms. The summed E-state index contributed by atoms with van der Waals surface area (Å²) in [5.41, 5.74) is 0. The molecule has 1 fully saturated rings. The molecule has 0 saturated heterocycles. The van der Waals surface area contributed by atoms with E-state index >= 15 is 0 Å². The Kier molecular flexibility index (Phi) is 3.57. The first-order valence-electron chi connectivity index (χ1n) is 4.25. The predicted octanol–water partition coefficient (Wildman–Crippen LogP) is 2.06. The standard InChI is InChI=1S/C7H10ClF3O3S/c8-15(12,13)6(1-2-6)3-4-14-5-7(9,10)11/h1-5H2. The second kappa shape index (κ2) is 4.10. The minimum Gasteiger partial charge on any atom is -0.372 e. The van der Waals surface area contributed by atoms with Gasteiger partial charge in [-0.1, -0.05) is 0 Å². The second-order valence-electron chi connectivity index (χ2n) is 3.54. The molecule has 0 N–H and O–H groups in total. The van der Waals surface area contributed by atoms with Crippen LogP contribution >= 0.6 is 10.7 Å². The van der Waals surface area contributed by atoms with Crippen molar-refractivity contribution in [1.29, 1.82) is 0 Å². The number of ether oxygens (including phenoxy) is 1. The highest BCUT2D eigenvalue weighted by molar-refractivity contribution is 8.15. The molecule has 0 heterocycles. The first-order valence-corrected chi connectivity index (χ1v) is 6.56. The Labute approximate surface area is 90.0 Å². The summed E-state index contributed by atoms with van der Waals surface area (Å²) in [5.74, 6) is 0. The van der Waals surface area contributed by atoms with Crippen molar-refractivity contribution < 1.29 is 26.3 Å². The molecule has 0 atom stereocenters. The van der Waals surface area contributed by atoms with Crippen LogP contribution in [0.15, 0.2) is 0 Å². The van der Waals surface area contributed by atoms with Crippen LogP contribution in [0.4, 0.5) is 13.2 Å². The van der Waals surface area contributed by atoms with Gasteiger partial charge in [0.25, 0.3) is 0 Å². The van der Waals surface area contributed by atoms with Crippen molar-refractivity contribution in [3.63, 3.8) is 0 Å². The zero-order valence-corrected chi connectivity index (χ0v) is 9.25. The monoisotopic (exact) mass is 266 g/mol. The largest absolute Gasteiger partial charge is 0.411 e. The molecule has 8 heteroatoms. The van der Waals surface area contributed by atoms with Crippen molar-refractivity contribution in [2.75, 3.05) is 13.2 Å². The van der Waals surface area contributed by atoms with Gasteiger partial charge in [-0.3, -0.25) is 0 Å². The highest BCUT2D eigenvalue weighted by Gasteiger charge is 2.53. The fourth-order valence-electron chi connectivity index (χ4n) is 1.20. The molecule has 0 spiro atoms. The van der Waals surface area contributed by atoms with Crippen LogP contribution in [0.1, 0.15) is 19.3 Å². The Morgan fingerprint density at radius 1 is 1.33 bits per heavy atom. The minimum absolute atomic E-state index is 0.0227. The van der Waals surface area contributed by atoms with Crippen molar-refractivity contribution in [3.8, 4) is 0 Å². The van der Waals surface area contributed by atoms with Crippen LogP contribution < -0.4 is 0 Å². The second-order valence-corrected chi connectivity index (χ2v) is 6.50. The summed E-state index contributed by atoms with van der Waals surface area (Å²) >= 11 is 0. The zero-order valence-electron chi connectivity index (χ0n) is 7.68. The third kappa shape index (κ3) is 3.81. The van der Waals surface area contributed by atoms with E-state index in [1.807, 2.05) is 0 Å². The molecule has 0 aromatic carbocycles. The summed E-state index contributed by atoms with van der Waals surface area (Å²) < 4.78 is 60.2. The highest BCUT2D eigenvalue weighted by atomic mass is 35.7. The summed E-state index contributed by atoms with van der Waals surface area (Å²) in [5, 5.41) is 0. The highest BCUT2D eigenvalue weighted by Crippen LogP contribution is 2.48. The molecule has 1 rings (SSSR count). The van der Waals surface area contributed by atoms with E-state index in [0.717, 1.165) is 0 Å². The van der Waals surface area contributed by atoms with E-state index in [1.165, 1.54) is 0 Å². The fourth-order valence-corrected chi connectivity index (χ4v) is 2.81. The molecule has 3 nitrogen and oxygen atoms in total. The molecule has 0 unspecified atom stereocenters. The molecule has 1 saturated carbocycles. The number of hydrogen-bond donors (Lipinski definition) is 0.